The van der Waals surface area contributed by atoms with Gasteiger partial charge in [-0.05, 0) is 37.3 Å². The van der Waals surface area contributed by atoms with Gasteiger partial charge in [-0.15, -0.1) is 0 Å². The molecule has 0 aliphatic carbocycles. The molecule has 0 fully saturated rings. The lowest BCUT2D eigenvalue weighted by atomic mass is 10.2. The molecule has 1 N–H and O–H groups in total. The number of rotatable bonds is 5. The van der Waals surface area contributed by atoms with E-state index in [0.29, 0.717) is 0 Å². The van der Waals surface area contributed by atoms with E-state index in [9.17, 15) is 35.2 Å². The summed E-state index contributed by atoms with van der Waals surface area (Å²) in [6, 6.07) is 8.92. The number of benzene rings is 2. The molecule has 0 aliphatic rings. The molecule has 0 saturated heterocycles. The number of carbonyl (C=O) groups excluding carboxylic acids is 1. The first-order valence-corrected chi connectivity index (χ1v) is 10.1. The summed E-state index contributed by atoms with van der Waals surface area (Å²) in [5.74, 6) is -4.55. The Kier molecular flexibility index (Phi) is 5.85. The van der Waals surface area contributed by atoms with Crippen LogP contribution in [-0.2, 0) is 16.0 Å². The highest BCUT2D eigenvalue weighted by Crippen LogP contribution is 2.31. The quantitative estimate of drug-likeness (QED) is 0.572. The molecular formula is C19H14F5N3O3S. The molecular weight excluding hydrogens is 445 g/mol. The number of alkyl halides is 5. The third-order valence-electron chi connectivity index (χ3n) is 4.35. The predicted molar refractivity (Wildman–Crippen MR) is 101 cm³/mol. The first-order valence-electron chi connectivity index (χ1n) is 8.57. The standard InChI is InChI=1S/C19H14F5N3O3S/c1-11-14(10-25-27(11)13-6-4-5-12(9-13)19(22,23)24)17(28)26-15-7-2-3-8-16(15)31(29,30)18(20)21/h2-10,18H,1H3,(H,26,28). The van der Waals surface area contributed by atoms with Gasteiger partial charge >= 0.3 is 11.9 Å². The Balaban J connectivity index is 1.94. The zero-order valence-corrected chi connectivity index (χ0v) is 16.5. The van der Waals surface area contributed by atoms with Gasteiger partial charge in [0.15, 0.2) is 0 Å². The lowest BCUT2D eigenvalue weighted by Gasteiger charge is -2.12. The van der Waals surface area contributed by atoms with Gasteiger partial charge < -0.3 is 5.32 Å². The van der Waals surface area contributed by atoms with Crippen LogP contribution in [0.3, 0.4) is 0 Å². The highest BCUT2D eigenvalue weighted by atomic mass is 32.2. The third-order valence-corrected chi connectivity index (χ3v) is 5.79. The fourth-order valence-corrected chi connectivity index (χ4v) is 3.70. The number of carbonyl (C=O) groups is 1. The van der Waals surface area contributed by atoms with Gasteiger partial charge in [0.25, 0.3) is 5.91 Å². The van der Waals surface area contributed by atoms with Crippen LogP contribution in [0.5, 0.6) is 0 Å². The van der Waals surface area contributed by atoms with Crippen LogP contribution in [0.15, 0.2) is 59.6 Å². The Bertz CT molecular complexity index is 1240. The third kappa shape index (κ3) is 4.43. The lowest BCUT2D eigenvalue weighted by Crippen LogP contribution is -2.18. The molecule has 164 valence electrons. The lowest BCUT2D eigenvalue weighted by molar-refractivity contribution is -0.137. The zero-order chi connectivity index (χ0) is 23.0. The van der Waals surface area contributed by atoms with E-state index in [-0.39, 0.29) is 22.6 Å². The van der Waals surface area contributed by atoms with E-state index in [4.69, 9.17) is 0 Å². The maximum Gasteiger partial charge on any atom is 0.416 e. The molecule has 1 aromatic heterocycles. The Morgan fingerprint density at radius 1 is 1.10 bits per heavy atom. The topological polar surface area (TPSA) is 81.1 Å². The number of nitrogens with zero attached hydrogens (tertiary/aromatic N) is 2. The maximum atomic E-state index is 13.0. The number of halogens is 5. The molecule has 12 heteroatoms. The first-order chi connectivity index (χ1) is 14.4. The van der Waals surface area contributed by atoms with E-state index in [1.807, 2.05) is 0 Å². The van der Waals surface area contributed by atoms with E-state index in [1.54, 1.807) is 0 Å². The molecule has 0 bridgehead atoms. The maximum absolute atomic E-state index is 13.0. The van der Waals surface area contributed by atoms with Crippen molar-refractivity contribution in [3.05, 3.63) is 71.5 Å². The van der Waals surface area contributed by atoms with Crippen molar-refractivity contribution < 1.29 is 35.2 Å². The van der Waals surface area contributed by atoms with Gasteiger partial charge in [0.1, 0.15) is 0 Å². The minimum atomic E-state index is -4.98. The summed E-state index contributed by atoms with van der Waals surface area (Å²) in [6.07, 6.45) is -3.49. The van der Waals surface area contributed by atoms with Gasteiger partial charge in [-0.3, -0.25) is 4.79 Å². The summed E-state index contributed by atoms with van der Waals surface area (Å²) in [5, 5.41) is 6.17. The molecule has 0 aliphatic heterocycles. The van der Waals surface area contributed by atoms with Gasteiger partial charge in [0.2, 0.25) is 9.84 Å². The average Bonchev–Trinajstić information content (AvgIpc) is 3.09. The number of aromatic nitrogens is 2. The summed E-state index contributed by atoms with van der Waals surface area (Å²) in [5.41, 5.74) is -1.14. The minimum Gasteiger partial charge on any atom is -0.321 e. The molecule has 3 rings (SSSR count). The molecule has 1 amide bonds. The van der Waals surface area contributed by atoms with Gasteiger partial charge in [0, 0.05) is 0 Å². The highest BCUT2D eigenvalue weighted by Gasteiger charge is 2.31. The number of hydrogen-bond acceptors (Lipinski definition) is 4. The van der Waals surface area contributed by atoms with Crippen LogP contribution in [0.4, 0.5) is 27.6 Å². The summed E-state index contributed by atoms with van der Waals surface area (Å²) < 4.78 is 89.5. The SMILES string of the molecule is Cc1c(C(=O)Nc2ccccc2S(=O)(=O)C(F)F)cnn1-c1cccc(C(F)(F)F)c1. The Morgan fingerprint density at radius 3 is 2.42 bits per heavy atom. The Hall–Kier alpha value is -3.28. The minimum absolute atomic E-state index is 0.0482. The van der Waals surface area contributed by atoms with Gasteiger partial charge in [-0.1, -0.05) is 18.2 Å². The summed E-state index contributed by atoms with van der Waals surface area (Å²) >= 11 is 0. The number of sulfone groups is 1. The number of nitrogens with one attached hydrogen (secondary N) is 1. The predicted octanol–water partition coefficient (Wildman–Crippen LogP) is 4.45. The Morgan fingerprint density at radius 2 is 1.77 bits per heavy atom. The van der Waals surface area contributed by atoms with Crippen molar-refractivity contribution in [1.29, 1.82) is 0 Å². The summed E-state index contributed by atoms with van der Waals surface area (Å²) in [4.78, 5) is 11.9. The van der Waals surface area contributed by atoms with Crippen molar-refractivity contribution in [3.63, 3.8) is 0 Å². The van der Waals surface area contributed by atoms with E-state index in [0.717, 1.165) is 35.1 Å². The van der Waals surface area contributed by atoms with E-state index in [2.05, 4.69) is 10.4 Å². The molecule has 6 nitrogen and oxygen atoms in total. The van der Waals surface area contributed by atoms with Crippen molar-refractivity contribution >= 4 is 21.4 Å². The van der Waals surface area contributed by atoms with Gasteiger partial charge in [-0.25, -0.2) is 13.1 Å². The second-order valence-electron chi connectivity index (χ2n) is 6.36. The van der Waals surface area contributed by atoms with E-state index in [1.165, 1.54) is 31.2 Å². The molecule has 3 aromatic rings. The number of amides is 1. The van der Waals surface area contributed by atoms with Crippen molar-refractivity contribution in [2.45, 2.75) is 23.8 Å². The van der Waals surface area contributed by atoms with Crippen molar-refractivity contribution in [1.82, 2.24) is 9.78 Å². The Labute approximate surface area is 173 Å². The number of anilines is 1. The van der Waals surface area contributed by atoms with Crippen molar-refractivity contribution in [3.8, 4) is 5.69 Å². The van der Waals surface area contributed by atoms with E-state index < -0.39 is 38.1 Å². The van der Waals surface area contributed by atoms with Crippen LogP contribution in [0.2, 0.25) is 0 Å². The smallest absolute Gasteiger partial charge is 0.321 e. The van der Waals surface area contributed by atoms with Crippen LogP contribution >= 0.6 is 0 Å². The molecule has 1 heterocycles. The second kappa shape index (κ2) is 8.10. The van der Waals surface area contributed by atoms with Crippen LogP contribution in [-0.4, -0.2) is 29.9 Å². The molecule has 0 saturated carbocycles. The molecule has 0 spiro atoms. The largest absolute Gasteiger partial charge is 0.416 e. The monoisotopic (exact) mass is 459 g/mol. The zero-order valence-electron chi connectivity index (χ0n) is 15.7. The molecule has 0 atom stereocenters. The summed E-state index contributed by atoms with van der Waals surface area (Å²) in [7, 11) is -4.98. The average molecular weight is 459 g/mol. The van der Waals surface area contributed by atoms with Gasteiger partial charge in [0.05, 0.1) is 39.3 Å². The van der Waals surface area contributed by atoms with Crippen LogP contribution in [0, 0.1) is 6.92 Å². The fraction of sp³-hybridized carbons (Fsp3) is 0.158. The molecule has 0 radical (unpaired) electrons. The van der Waals surface area contributed by atoms with Crippen molar-refractivity contribution in [2.24, 2.45) is 0 Å². The molecule has 0 unspecified atom stereocenters. The van der Waals surface area contributed by atoms with E-state index >= 15 is 0 Å². The van der Waals surface area contributed by atoms with Crippen LogP contribution in [0.1, 0.15) is 21.6 Å². The van der Waals surface area contributed by atoms with Gasteiger partial charge in [-0.2, -0.15) is 27.1 Å². The van der Waals surface area contributed by atoms with Crippen LogP contribution < -0.4 is 5.32 Å². The fourth-order valence-electron chi connectivity index (χ4n) is 2.81. The van der Waals surface area contributed by atoms with Crippen molar-refractivity contribution in [2.75, 3.05) is 5.32 Å². The summed E-state index contributed by atoms with van der Waals surface area (Å²) in [6.45, 7) is 1.42. The molecule has 2 aromatic carbocycles. The normalized spacial score (nSPS) is 12.2. The second-order valence-corrected chi connectivity index (χ2v) is 8.25. The highest BCUT2D eigenvalue weighted by molar-refractivity contribution is 7.91. The first kappa shape index (κ1) is 22.4. The number of para-hydroxylation sites is 1. The molecule has 31 heavy (non-hydrogen) atoms. The van der Waals surface area contributed by atoms with Crippen LogP contribution in [0.25, 0.3) is 5.69 Å². The number of hydrogen-bond donors (Lipinski definition) is 1.